The Hall–Kier alpha value is -3.18. The minimum Gasteiger partial charge on any atom is -0.452 e. The summed E-state index contributed by atoms with van der Waals surface area (Å²) in [6.07, 6.45) is -5.86. The summed E-state index contributed by atoms with van der Waals surface area (Å²) in [6, 6.07) is 16.6. The number of hydrogen-bond acceptors (Lipinski definition) is 5. The number of hydrazone groups is 1. The highest BCUT2D eigenvalue weighted by Gasteiger charge is 2.57. The third kappa shape index (κ3) is 3.28. The number of halogens is 4. The van der Waals surface area contributed by atoms with E-state index in [1.165, 1.54) is 0 Å². The molecule has 0 fully saturated rings. The Morgan fingerprint density at radius 2 is 1.76 bits per heavy atom. The van der Waals surface area contributed by atoms with E-state index in [4.69, 9.17) is 22.1 Å². The molecule has 2 aliphatic heterocycles. The van der Waals surface area contributed by atoms with E-state index in [1.54, 1.807) is 54.6 Å². The number of alkyl halides is 3. The number of anilines is 1. The zero-order valence-electron chi connectivity index (χ0n) is 14.8. The van der Waals surface area contributed by atoms with Gasteiger partial charge in [-0.2, -0.15) is 23.5 Å². The molecule has 0 saturated heterocycles. The third-order valence-electron chi connectivity index (χ3n) is 4.92. The SMILES string of the molecule is N#CC1=C(N)O[C@@H]2[C@@H](C(C(F)(F)F)=NN2c2ccccc2)[C@@H]1c1ccc(Cl)cc1. The van der Waals surface area contributed by atoms with E-state index in [9.17, 15) is 18.4 Å². The maximum absolute atomic E-state index is 13.9. The van der Waals surface area contributed by atoms with Crippen molar-refractivity contribution in [3.63, 3.8) is 0 Å². The lowest BCUT2D eigenvalue weighted by Gasteiger charge is -2.37. The molecular formula is C20H14ClF3N4O. The zero-order chi connectivity index (χ0) is 20.8. The molecule has 2 aliphatic rings. The summed E-state index contributed by atoms with van der Waals surface area (Å²) < 4.78 is 47.4. The highest BCUT2D eigenvalue weighted by atomic mass is 35.5. The smallest absolute Gasteiger partial charge is 0.431 e. The van der Waals surface area contributed by atoms with Crippen molar-refractivity contribution >= 4 is 23.0 Å². The van der Waals surface area contributed by atoms with Gasteiger partial charge < -0.3 is 10.5 Å². The largest absolute Gasteiger partial charge is 0.452 e. The van der Waals surface area contributed by atoms with Crippen molar-refractivity contribution in [2.24, 2.45) is 16.8 Å². The van der Waals surface area contributed by atoms with E-state index in [-0.39, 0.29) is 11.5 Å². The van der Waals surface area contributed by atoms with Gasteiger partial charge in [0, 0.05) is 10.9 Å². The summed E-state index contributed by atoms with van der Waals surface area (Å²) in [4.78, 5) is 0. The molecule has 0 unspecified atom stereocenters. The average molecular weight is 419 g/mol. The summed E-state index contributed by atoms with van der Waals surface area (Å²) in [5, 5.41) is 15.1. The number of nitrogens with two attached hydrogens (primary N) is 1. The number of para-hydroxylation sites is 1. The third-order valence-corrected chi connectivity index (χ3v) is 5.18. The molecule has 3 atom stereocenters. The quantitative estimate of drug-likeness (QED) is 0.777. The van der Waals surface area contributed by atoms with Crippen molar-refractivity contribution in [1.82, 2.24) is 0 Å². The number of ether oxygens (including phenoxy) is 1. The van der Waals surface area contributed by atoms with E-state index in [0.29, 0.717) is 16.3 Å². The molecule has 148 valence electrons. The van der Waals surface area contributed by atoms with Gasteiger partial charge in [-0.15, -0.1) is 0 Å². The maximum atomic E-state index is 13.9. The molecule has 0 radical (unpaired) electrons. The molecule has 5 nitrogen and oxygen atoms in total. The lowest BCUT2D eigenvalue weighted by atomic mass is 9.76. The monoisotopic (exact) mass is 418 g/mol. The Labute approximate surface area is 169 Å². The number of rotatable bonds is 2. The predicted molar refractivity (Wildman–Crippen MR) is 102 cm³/mol. The van der Waals surface area contributed by atoms with Crippen LogP contribution < -0.4 is 10.7 Å². The predicted octanol–water partition coefficient (Wildman–Crippen LogP) is 4.53. The molecule has 0 bridgehead atoms. The van der Waals surface area contributed by atoms with Gasteiger partial charge in [-0.1, -0.05) is 41.9 Å². The molecule has 29 heavy (non-hydrogen) atoms. The van der Waals surface area contributed by atoms with Crippen LogP contribution in [0.5, 0.6) is 0 Å². The van der Waals surface area contributed by atoms with Crippen LogP contribution in [-0.2, 0) is 4.74 Å². The van der Waals surface area contributed by atoms with Crippen molar-refractivity contribution in [2.45, 2.75) is 18.3 Å². The van der Waals surface area contributed by atoms with Gasteiger partial charge in [0.2, 0.25) is 12.1 Å². The minimum atomic E-state index is -4.72. The van der Waals surface area contributed by atoms with Gasteiger partial charge in [-0.25, -0.2) is 5.01 Å². The fraction of sp³-hybridized carbons (Fsp3) is 0.200. The second kappa shape index (κ2) is 7.01. The fourth-order valence-corrected chi connectivity index (χ4v) is 3.82. The van der Waals surface area contributed by atoms with Crippen LogP contribution in [-0.4, -0.2) is 18.1 Å². The maximum Gasteiger partial charge on any atom is 0.431 e. The fourth-order valence-electron chi connectivity index (χ4n) is 3.70. The Kier molecular flexibility index (Phi) is 4.63. The normalized spacial score (nSPS) is 23.9. The molecule has 9 heteroatoms. The Morgan fingerprint density at radius 3 is 2.34 bits per heavy atom. The van der Waals surface area contributed by atoms with E-state index in [2.05, 4.69) is 5.10 Å². The minimum absolute atomic E-state index is 0.0690. The van der Waals surface area contributed by atoms with Gasteiger partial charge in [0.1, 0.15) is 6.07 Å². The van der Waals surface area contributed by atoms with Crippen LogP contribution in [0.3, 0.4) is 0 Å². The van der Waals surface area contributed by atoms with Crippen LogP contribution in [0, 0.1) is 17.2 Å². The van der Waals surface area contributed by atoms with Crippen LogP contribution >= 0.6 is 11.6 Å². The molecule has 2 aromatic carbocycles. The second-order valence-electron chi connectivity index (χ2n) is 6.62. The number of fused-ring (bicyclic) bond motifs is 1. The molecular weight excluding hydrogens is 405 g/mol. The summed E-state index contributed by atoms with van der Waals surface area (Å²) in [5.41, 5.74) is 5.75. The van der Waals surface area contributed by atoms with Crippen LogP contribution in [0.25, 0.3) is 0 Å². The summed E-state index contributed by atoms with van der Waals surface area (Å²) in [5.74, 6) is -2.48. The van der Waals surface area contributed by atoms with E-state index >= 15 is 0 Å². The van der Waals surface area contributed by atoms with Gasteiger partial charge in [0.05, 0.1) is 17.2 Å². The molecule has 0 aromatic heterocycles. The van der Waals surface area contributed by atoms with Crippen molar-refractivity contribution in [3.05, 3.63) is 76.6 Å². The van der Waals surface area contributed by atoms with Gasteiger partial charge >= 0.3 is 6.18 Å². The average Bonchev–Trinajstić information content (AvgIpc) is 3.08. The Balaban J connectivity index is 1.90. The van der Waals surface area contributed by atoms with E-state index < -0.39 is 30.0 Å². The van der Waals surface area contributed by atoms with Crippen molar-refractivity contribution in [2.75, 3.05) is 5.01 Å². The molecule has 2 aromatic rings. The first-order valence-corrected chi connectivity index (χ1v) is 9.01. The van der Waals surface area contributed by atoms with E-state index in [1.807, 2.05) is 6.07 Å². The molecule has 0 saturated carbocycles. The number of hydrogen-bond donors (Lipinski definition) is 1. The molecule has 2 N–H and O–H groups in total. The highest BCUT2D eigenvalue weighted by Crippen LogP contribution is 2.48. The zero-order valence-corrected chi connectivity index (χ0v) is 15.5. The lowest BCUT2D eigenvalue weighted by Crippen LogP contribution is -2.46. The molecule has 0 amide bonds. The van der Waals surface area contributed by atoms with Gasteiger partial charge in [-0.3, -0.25) is 0 Å². The number of benzene rings is 2. The van der Waals surface area contributed by atoms with Crippen LogP contribution in [0.15, 0.2) is 71.2 Å². The molecule has 0 spiro atoms. The standard InChI is InChI=1S/C20H14ClF3N4O/c21-12-8-6-11(7-9-12)15-14(10-25)18(26)29-19-16(15)17(20(22,23)24)27-28(19)13-4-2-1-3-5-13/h1-9,15-16,19H,26H2/t15-,16-,19-/m1/s1. The summed E-state index contributed by atoms with van der Waals surface area (Å²) in [7, 11) is 0. The van der Waals surface area contributed by atoms with Gasteiger partial charge in [-0.05, 0) is 29.8 Å². The first-order chi connectivity index (χ1) is 13.8. The van der Waals surface area contributed by atoms with E-state index in [0.717, 1.165) is 5.01 Å². The van der Waals surface area contributed by atoms with Gasteiger partial charge in [0.25, 0.3) is 0 Å². The number of nitriles is 1. The first kappa shape index (κ1) is 19.2. The first-order valence-electron chi connectivity index (χ1n) is 8.63. The van der Waals surface area contributed by atoms with Gasteiger partial charge in [0.15, 0.2) is 5.71 Å². The van der Waals surface area contributed by atoms with Crippen LogP contribution in [0.4, 0.5) is 18.9 Å². The van der Waals surface area contributed by atoms with Crippen LogP contribution in [0.1, 0.15) is 11.5 Å². The topological polar surface area (TPSA) is 74.6 Å². The van der Waals surface area contributed by atoms with Crippen LogP contribution in [0.2, 0.25) is 5.02 Å². The summed E-state index contributed by atoms with van der Waals surface area (Å²) in [6.45, 7) is 0. The lowest BCUT2D eigenvalue weighted by molar-refractivity contribution is -0.0658. The second-order valence-corrected chi connectivity index (χ2v) is 7.05. The number of nitrogens with zero attached hydrogens (tertiary/aromatic N) is 3. The molecule has 0 aliphatic carbocycles. The summed E-state index contributed by atoms with van der Waals surface area (Å²) >= 11 is 5.93. The van der Waals surface area contributed by atoms with Crippen molar-refractivity contribution in [1.29, 1.82) is 5.26 Å². The van der Waals surface area contributed by atoms with Crippen molar-refractivity contribution in [3.8, 4) is 6.07 Å². The Bertz CT molecular complexity index is 1030. The Morgan fingerprint density at radius 1 is 1.10 bits per heavy atom. The highest BCUT2D eigenvalue weighted by molar-refractivity contribution is 6.30. The van der Waals surface area contributed by atoms with Crippen molar-refractivity contribution < 1.29 is 17.9 Å². The molecule has 2 heterocycles. The number of allylic oxidation sites excluding steroid dienone is 1. The molecule has 4 rings (SSSR count).